The average molecular weight is 391 g/mol. The van der Waals surface area contributed by atoms with Crippen molar-refractivity contribution in [1.82, 2.24) is 9.55 Å². The highest BCUT2D eigenvalue weighted by Gasteiger charge is 2.15. The maximum absolute atomic E-state index is 12.7. The van der Waals surface area contributed by atoms with Gasteiger partial charge >= 0.3 is 0 Å². The third-order valence-electron chi connectivity index (χ3n) is 3.65. The van der Waals surface area contributed by atoms with Gasteiger partial charge < -0.3 is 14.8 Å². The Morgan fingerprint density at radius 3 is 2.58 bits per heavy atom. The zero-order valence-corrected chi connectivity index (χ0v) is 16.1. The van der Waals surface area contributed by atoms with E-state index in [1.165, 1.54) is 41.9 Å². The summed E-state index contributed by atoms with van der Waals surface area (Å²) in [6.07, 6.45) is 1.82. The normalized spacial score (nSPS) is 10.7. The van der Waals surface area contributed by atoms with Gasteiger partial charge in [-0.1, -0.05) is 11.8 Å². The molecule has 9 heteroatoms. The monoisotopic (exact) mass is 391 g/mol. The Balaban J connectivity index is 1.88. The molecule has 0 aliphatic rings. The molecule has 2 heterocycles. The summed E-state index contributed by atoms with van der Waals surface area (Å²) in [5.74, 6) is 0.780. The molecule has 7 nitrogen and oxygen atoms in total. The molecule has 0 bridgehead atoms. The zero-order valence-electron chi connectivity index (χ0n) is 14.4. The lowest BCUT2D eigenvalue weighted by atomic mass is 10.2. The largest absolute Gasteiger partial charge is 0.497 e. The molecular formula is C17H17N3O4S2. The number of thiophene rings is 1. The summed E-state index contributed by atoms with van der Waals surface area (Å²) >= 11 is 2.64. The van der Waals surface area contributed by atoms with Gasteiger partial charge in [-0.2, -0.15) is 0 Å². The number of aromatic nitrogens is 2. The van der Waals surface area contributed by atoms with E-state index in [2.05, 4.69) is 10.3 Å². The summed E-state index contributed by atoms with van der Waals surface area (Å²) in [6, 6.07) is 6.87. The molecule has 1 N–H and O–H groups in total. The zero-order chi connectivity index (χ0) is 18.7. The van der Waals surface area contributed by atoms with E-state index in [0.29, 0.717) is 32.6 Å². The molecule has 0 saturated carbocycles. The first kappa shape index (κ1) is 18.3. The number of carbonyl (C=O) groups is 1. The van der Waals surface area contributed by atoms with Gasteiger partial charge in [0.05, 0.1) is 19.7 Å². The van der Waals surface area contributed by atoms with Crippen molar-refractivity contribution in [3.8, 4) is 11.5 Å². The van der Waals surface area contributed by atoms with Crippen molar-refractivity contribution in [2.45, 2.75) is 11.7 Å². The molecule has 0 spiro atoms. The molecular weight excluding hydrogens is 374 g/mol. The van der Waals surface area contributed by atoms with E-state index in [-0.39, 0.29) is 18.0 Å². The summed E-state index contributed by atoms with van der Waals surface area (Å²) in [7, 11) is 3.07. The van der Waals surface area contributed by atoms with Crippen molar-refractivity contribution in [2.75, 3.05) is 25.8 Å². The number of hydrogen-bond acceptors (Lipinski definition) is 7. The molecule has 26 heavy (non-hydrogen) atoms. The first-order valence-electron chi connectivity index (χ1n) is 7.60. The van der Waals surface area contributed by atoms with Gasteiger partial charge in [0.15, 0.2) is 5.16 Å². The lowest BCUT2D eigenvalue weighted by Crippen LogP contribution is -2.29. The lowest BCUT2D eigenvalue weighted by Gasteiger charge is -2.12. The number of ether oxygens (including phenoxy) is 2. The summed E-state index contributed by atoms with van der Waals surface area (Å²) in [5, 5.41) is 5.08. The number of hydrogen-bond donors (Lipinski definition) is 1. The first-order valence-corrected chi connectivity index (χ1v) is 9.71. The van der Waals surface area contributed by atoms with Gasteiger partial charge in [-0.15, -0.1) is 11.3 Å². The van der Waals surface area contributed by atoms with Gasteiger partial charge in [0.25, 0.3) is 5.56 Å². The van der Waals surface area contributed by atoms with E-state index in [9.17, 15) is 9.59 Å². The molecule has 0 unspecified atom stereocenters. The van der Waals surface area contributed by atoms with Gasteiger partial charge in [-0.05, 0) is 17.7 Å². The van der Waals surface area contributed by atoms with Crippen LogP contribution in [0.15, 0.2) is 39.6 Å². The maximum Gasteiger partial charge on any atom is 0.272 e. The molecule has 1 amide bonds. The Morgan fingerprint density at radius 2 is 1.96 bits per heavy atom. The summed E-state index contributed by atoms with van der Waals surface area (Å²) in [6.45, 7) is -0.130. The summed E-state index contributed by atoms with van der Waals surface area (Å²) in [4.78, 5) is 29.6. The third kappa shape index (κ3) is 3.68. The number of fused-ring (bicyclic) bond motifs is 1. The molecule has 0 aliphatic carbocycles. The van der Waals surface area contributed by atoms with Gasteiger partial charge in [0, 0.05) is 23.9 Å². The first-order chi connectivity index (χ1) is 12.5. The van der Waals surface area contributed by atoms with Crippen molar-refractivity contribution in [2.24, 2.45) is 0 Å². The minimum absolute atomic E-state index is 0.130. The smallest absolute Gasteiger partial charge is 0.272 e. The Morgan fingerprint density at radius 1 is 1.27 bits per heavy atom. The molecule has 1 aromatic carbocycles. The number of benzene rings is 1. The van der Waals surface area contributed by atoms with E-state index in [1.807, 2.05) is 11.6 Å². The topological polar surface area (TPSA) is 82.5 Å². The summed E-state index contributed by atoms with van der Waals surface area (Å²) in [5.41, 5.74) is 0.960. The third-order valence-corrected chi connectivity index (χ3v) is 5.22. The predicted octanol–water partition coefficient (Wildman–Crippen LogP) is 2.84. The van der Waals surface area contributed by atoms with Crippen LogP contribution in [0.1, 0.15) is 0 Å². The van der Waals surface area contributed by atoms with Crippen LogP contribution in [0.4, 0.5) is 5.69 Å². The minimum atomic E-state index is -0.338. The van der Waals surface area contributed by atoms with E-state index in [4.69, 9.17) is 9.47 Å². The van der Waals surface area contributed by atoms with E-state index in [0.717, 1.165) is 0 Å². The SMILES string of the molecule is COc1cc(NC(=O)Cn2c(SC)nc3ccsc3c2=O)cc(OC)c1. The molecule has 0 saturated heterocycles. The summed E-state index contributed by atoms with van der Waals surface area (Å²) < 4.78 is 12.3. The number of thioether (sulfide) groups is 1. The van der Waals surface area contributed by atoms with Crippen molar-refractivity contribution in [1.29, 1.82) is 0 Å². The quantitative estimate of drug-likeness (QED) is 0.514. The van der Waals surface area contributed by atoms with Crippen LogP contribution in [0, 0.1) is 0 Å². The van der Waals surface area contributed by atoms with E-state index >= 15 is 0 Å². The second-order valence-electron chi connectivity index (χ2n) is 5.27. The second kappa shape index (κ2) is 7.79. The molecule has 0 fully saturated rings. The fraction of sp³-hybridized carbons (Fsp3) is 0.235. The molecule has 3 aromatic rings. The Labute approximate surface area is 158 Å². The van der Waals surface area contributed by atoms with Crippen LogP contribution in [-0.2, 0) is 11.3 Å². The highest BCUT2D eigenvalue weighted by molar-refractivity contribution is 7.98. The van der Waals surface area contributed by atoms with Crippen LogP contribution in [0.25, 0.3) is 10.2 Å². The molecule has 3 rings (SSSR count). The Hall–Kier alpha value is -2.52. The molecule has 2 aromatic heterocycles. The molecule has 0 atom stereocenters. The van der Waals surface area contributed by atoms with Gasteiger partial charge in [0.2, 0.25) is 5.91 Å². The highest BCUT2D eigenvalue weighted by Crippen LogP contribution is 2.26. The van der Waals surface area contributed by atoms with Crippen molar-refractivity contribution in [3.05, 3.63) is 40.0 Å². The fourth-order valence-corrected chi connectivity index (χ4v) is 3.78. The number of nitrogens with zero attached hydrogens (tertiary/aromatic N) is 2. The Bertz CT molecular complexity index is 991. The van der Waals surface area contributed by atoms with Gasteiger partial charge in [0.1, 0.15) is 22.7 Å². The van der Waals surface area contributed by atoms with E-state index < -0.39 is 0 Å². The molecule has 0 aliphatic heterocycles. The molecule has 136 valence electrons. The fourth-order valence-electron chi connectivity index (χ4n) is 2.44. The Kier molecular flexibility index (Phi) is 5.48. The van der Waals surface area contributed by atoms with Crippen LogP contribution in [0.2, 0.25) is 0 Å². The predicted molar refractivity (Wildman–Crippen MR) is 104 cm³/mol. The maximum atomic E-state index is 12.7. The average Bonchev–Trinajstić information content (AvgIpc) is 3.12. The number of anilines is 1. The highest BCUT2D eigenvalue weighted by atomic mass is 32.2. The number of rotatable bonds is 6. The minimum Gasteiger partial charge on any atom is -0.497 e. The van der Waals surface area contributed by atoms with Crippen LogP contribution in [0.5, 0.6) is 11.5 Å². The van der Waals surface area contributed by atoms with Crippen LogP contribution in [-0.4, -0.2) is 35.9 Å². The van der Waals surface area contributed by atoms with E-state index in [1.54, 1.807) is 24.3 Å². The van der Waals surface area contributed by atoms with Gasteiger partial charge in [-0.25, -0.2) is 4.98 Å². The number of carbonyl (C=O) groups excluding carboxylic acids is 1. The van der Waals surface area contributed by atoms with Crippen molar-refractivity contribution < 1.29 is 14.3 Å². The van der Waals surface area contributed by atoms with Gasteiger partial charge in [-0.3, -0.25) is 14.2 Å². The molecule has 0 radical (unpaired) electrons. The van der Waals surface area contributed by atoms with Crippen LogP contribution >= 0.6 is 23.1 Å². The van der Waals surface area contributed by atoms with Crippen molar-refractivity contribution in [3.63, 3.8) is 0 Å². The second-order valence-corrected chi connectivity index (χ2v) is 6.96. The number of methoxy groups -OCH3 is 2. The van der Waals surface area contributed by atoms with Crippen LogP contribution < -0.4 is 20.3 Å². The van der Waals surface area contributed by atoms with Crippen LogP contribution in [0.3, 0.4) is 0 Å². The van der Waals surface area contributed by atoms with Crippen molar-refractivity contribution >= 4 is 44.9 Å². The number of amides is 1. The standard InChI is InChI=1S/C17H17N3O4S2/c1-23-11-6-10(7-12(8-11)24-2)18-14(21)9-20-16(22)15-13(4-5-26-15)19-17(20)25-3/h4-8H,9H2,1-3H3,(H,18,21). The lowest BCUT2D eigenvalue weighted by molar-refractivity contribution is -0.116. The number of nitrogens with one attached hydrogen (secondary N) is 1.